The van der Waals surface area contributed by atoms with Gasteiger partial charge in [-0.15, -0.1) is 0 Å². The van der Waals surface area contributed by atoms with E-state index in [2.05, 4.69) is 0 Å². The fourth-order valence-corrected chi connectivity index (χ4v) is 1.88. The van der Waals surface area contributed by atoms with Gasteiger partial charge in [0.15, 0.2) is 0 Å². The Labute approximate surface area is 96.1 Å². The number of hydrogen-bond acceptors (Lipinski definition) is 2. The molecule has 0 aromatic heterocycles. The van der Waals surface area contributed by atoms with E-state index in [1.807, 2.05) is 13.8 Å². The monoisotopic (exact) mass is 226 g/mol. The van der Waals surface area contributed by atoms with Gasteiger partial charge in [-0.2, -0.15) is 0 Å². The van der Waals surface area contributed by atoms with Gasteiger partial charge < -0.3 is 9.84 Å². The summed E-state index contributed by atoms with van der Waals surface area (Å²) in [7, 11) is 1.51. The first-order valence-corrected chi connectivity index (χ1v) is 5.62. The van der Waals surface area contributed by atoms with Crippen LogP contribution in [0.15, 0.2) is 18.2 Å². The lowest BCUT2D eigenvalue weighted by Gasteiger charge is -2.21. The van der Waals surface area contributed by atoms with Crippen LogP contribution in [0.5, 0.6) is 5.75 Å². The smallest absolute Gasteiger partial charge is 0.130 e. The Morgan fingerprint density at radius 1 is 1.44 bits per heavy atom. The standard InChI is InChI=1S/C13H19FO2/c1-4-6-11(15)9(2)13-10(14)7-5-8-12(13)16-3/h5,7-9,11,15H,4,6H2,1-3H3. The maximum Gasteiger partial charge on any atom is 0.130 e. The summed E-state index contributed by atoms with van der Waals surface area (Å²) in [6.45, 7) is 3.82. The van der Waals surface area contributed by atoms with Crippen LogP contribution in [0, 0.1) is 5.82 Å². The lowest BCUT2D eigenvalue weighted by molar-refractivity contribution is 0.136. The van der Waals surface area contributed by atoms with Crippen molar-refractivity contribution >= 4 is 0 Å². The number of halogens is 1. The molecule has 1 N–H and O–H groups in total. The number of aliphatic hydroxyl groups excluding tert-OH is 1. The molecule has 0 saturated heterocycles. The summed E-state index contributed by atoms with van der Waals surface area (Å²) < 4.78 is 18.8. The van der Waals surface area contributed by atoms with Crippen LogP contribution in [0.2, 0.25) is 0 Å². The summed E-state index contributed by atoms with van der Waals surface area (Å²) in [5.74, 6) is -0.0687. The fourth-order valence-electron chi connectivity index (χ4n) is 1.88. The van der Waals surface area contributed by atoms with E-state index in [9.17, 15) is 9.50 Å². The maximum absolute atomic E-state index is 13.7. The summed E-state index contributed by atoms with van der Waals surface area (Å²) in [5.41, 5.74) is 0.464. The largest absolute Gasteiger partial charge is 0.496 e. The quantitative estimate of drug-likeness (QED) is 0.836. The SMILES string of the molecule is CCCC(O)C(C)c1c(F)cccc1OC. The van der Waals surface area contributed by atoms with Crippen LogP contribution in [0.1, 0.15) is 38.2 Å². The molecule has 16 heavy (non-hydrogen) atoms. The number of rotatable bonds is 5. The van der Waals surface area contributed by atoms with E-state index in [1.165, 1.54) is 13.2 Å². The molecule has 1 rings (SSSR count). The summed E-state index contributed by atoms with van der Waals surface area (Å²) >= 11 is 0. The third kappa shape index (κ3) is 2.73. The van der Waals surface area contributed by atoms with Gasteiger partial charge >= 0.3 is 0 Å². The van der Waals surface area contributed by atoms with Gasteiger partial charge in [-0.05, 0) is 18.6 Å². The molecule has 90 valence electrons. The molecule has 2 nitrogen and oxygen atoms in total. The normalized spacial score (nSPS) is 14.6. The molecule has 0 spiro atoms. The van der Waals surface area contributed by atoms with Gasteiger partial charge in [0.2, 0.25) is 0 Å². The molecule has 0 saturated carbocycles. The van der Waals surface area contributed by atoms with Crippen LogP contribution in [0.4, 0.5) is 4.39 Å². The molecule has 0 fully saturated rings. The number of benzene rings is 1. The Kier molecular flexibility index (Phi) is 4.74. The Hall–Kier alpha value is -1.09. The van der Waals surface area contributed by atoms with Crippen molar-refractivity contribution in [3.63, 3.8) is 0 Å². The second-order valence-corrected chi connectivity index (χ2v) is 4.00. The van der Waals surface area contributed by atoms with Crippen molar-refractivity contribution in [1.29, 1.82) is 0 Å². The Morgan fingerprint density at radius 2 is 2.12 bits per heavy atom. The van der Waals surface area contributed by atoms with Crippen LogP contribution < -0.4 is 4.74 Å². The first-order chi connectivity index (χ1) is 7.61. The average molecular weight is 226 g/mol. The number of hydrogen-bond donors (Lipinski definition) is 1. The van der Waals surface area contributed by atoms with Crippen LogP contribution in [-0.2, 0) is 0 Å². The molecule has 0 heterocycles. The topological polar surface area (TPSA) is 29.5 Å². The minimum Gasteiger partial charge on any atom is -0.496 e. The zero-order chi connectivity index (χ0) is 12.1. The molecule has 0 aliphatic rings. The first-order valence-electron chi connectivity index (χ1n) is 5.62. The predicted octanol–water partition coefficient (Wildman–Crippen LogP) is 3.10. The van der Waals surface area contributed by atoms with Crippen molar-refractivity contribution in [2.45, 2.75) is 38.7 Å². The number of aliphatic hydroxyl groups is 1. The van der Waals surface area contributed by atoms with Crippen molar-refractivity contribution in [3.05, 3.63) is 29.6 Å². The van der Waals surface area contributed by atoms with Gasteiger partial charge in [-0.25, -0.2) is 4.39 Å². The van der Waals surface area contributed by atoms with E-state index in [0.29, 0.717) is 17.7 Å². The third-order valence-corrected chi connectivity index (χ3v) is 2.85. The van der Waals surface area contributed by atoms with Gasteiger partial charge in [0, 0.05) is 11.5 Å². The second kappa shape index (κ2) is 5.85. The zero-order valence-corrected chi connectivity index (χ0v) is 10.0. The summed E-state index contributed by atoms with van der Waals surface area (Å²) in [6, 6.07) is 4.72. The zero-order valence-electron chi connectivity index (χ0n) is 10.0. The molecule has 0 radical (unpaired) electrons. The lowest BCUT2D eigenvalue weighted by Crippen LogP contribution is -2.17. The first kappa shape index (κ1) is 13.0. The molecule has 1 aromatic rings. The number of ether oxygens (including phenoxy) is 1. The van der Waals surface area contributed by atoms with E-state index in [1.54, 1.807) is 12.1 Å². The fraction of sp³-hybridized carbons (Fsp3) is 0.538. The van der Waals surface area contributed by atoms with Gasteiger partial charge in [-0.1, -0.05) is 26.3 Å². The molecular formula is C13H19FO2. The molecule has 0 amide bonds. The maximum atomic E-state index is 13.7. The molecule has 3 heteroatoms. The highest BCUT2D eigenvalue weighted by Crippen LogP contribution is 2.32. The Morgan fingerprint density at radius 3 is 2.69 bits per heavy atom. The second-order valence-electron chi connectivity index (χ2n) is 4.00. The minimum absolute atomic E-state index is 0.254. The predicted molar refractivity (Wildman–Crippen MR) is 62.3 cm³/mol. The van der Waals surface area contributed by atoms with Crippen molar-refractivity contribution < 1.29 is 14.2 Å². The van der Waals surface area contributed by atoms with Gasteiger partial charge in [0.05, 0.1) is 13.2 Å². The highest BCUT2D eigenvalue weighted by Gasteiger charge is 2.22. The summed E-state index contributed by atoms with van der Waals surface area (Å²) in [4.78, 5) is 0. The summed E-state index contributed by atoms with van der Waals surface area (Å²) in [6.07, 6.45) is 1.01. The van der Waals surface area contributed by atoms with Gasteiger partial charge in [0.25, 0.3) is 0 Å². The van der Waals surface area contributed by atoms with E-state index in [4.69, 9.17) is 4.74 Å². The Bertz CT molecular complexity index is 339. The molecule has 2 atom stereocenters. The van der Waals surface area contributed by atoms with Crippen molar-refractivity contribution in [2.24, 2.45) is 0 Å². The van der Waals surface area contributed by atoms with E-state index < -0.39 is 6.10 Å². The molecule has 1 aromatic carbocycles. The highest BCUT2D eigenvalue weighted by atomic mass is 19.1. The van der Waals surface area contributed by atoms with Crippen LogP contribution >= 0.6 is 0 Å². The highest BCUT2D eigenvalue weighted by molar-refractivity contribution is 5.37. The molecule has 0 aliphatic carbocycles. The Balaban J connectivity index is 3.01. The molecule has 0 bridgehead atoms. The molecular weight excluding hydrogens is 207 g/mol. The molecule has 2 unspecified atom stereocenters. The average Bonchev–Trinajstić information content (AvgIpc) is 2.28. The lowest BCUT2D eigenvalue weighted by atomic mass is 9.91. The van der Waals surface area contributed by atoms with Crippen molar-refractivity contribution in [3.8, 4) is 5.75 Å². The van der Waals surface area contributed by atoms with Crippen LogP contribution in [0.3, 0.4) is 0 Å². The third-order valence-electron chi connectivity index (χ3n) is 2.85. The van der Waals surface area contributed by atoms with E-state index in [-0.39, 0.29) is 11.7 Å². The molecule has 0 aliphatic heterocycles. The van der Waals surface area contributed by atoms with Gasteiger partial charge in [-0.3, -0.25) is 0 Å². The summed E-state index contributed by atoms with van der Waals surface area (Å²) in [5, 5.41) is 9.89. The minimum atomic E-state index is -0.532. The van der Waals surface area contributed by atoms with Crippen molar-refractivity contribution in [1.82, 2.24) is 0 Å². The van der Waals surface area contributed by atoms with E-state index in [0.717, 1.165) is 6.42 Å². The number of methoxy groups -OCH3 is 1. The van der Waals surface area contributed by atoms with Crippen LogP contribution in [-0.4, -0.2) is 18.3 Å². The van der Waals surface area contributed by atoms with E-state index >= 15 is 0 Å². The van der Waals surface area contributed by atoms with Crippen molar-refractivity contribution in [2.75, 3.05) is 7.11 Å². The van der Waals surface area contributed by atoms with Gasteiger partial charge in [0.1, 0.15) is 11.6 Å². The van der Waals surface area contributed by atoms with Crippen LogP contribution in [0.25, 0.3) is 0 Å².